The lowest BCUT2D eigenvalue weighted by Gasteiger charge is -2.17. The highest BCUT2D eigenvalue weighted by Gasteiger charge is 2.19. The van der Waals surface area contributed by atoms with E-state index >= 15 is 0 Å². The molecule has 1 aromatic rings. The minimum absolute atomic E-state index is 0.0823. The Labute approximate surface area is 129 Å². The first kappa shape index (κ1) is 17.2. The molecule has 0 saturated heterocycles. The lowest BCUT2D eigenvalue weighted by molar-refractivity contribution is -0.134. The van der Waals surface area contributed by atoms with Crippen molar-refractivity contribution in [2.75, 3.05) is 7.11 Å². The summed E-state index contributed by atoms with van der Waals surface area (Å²) in [5, 5.41) is 0.515. The van der Waals surface area contributed by atoms with Gasteiger partial charge >= 0.3 is 5.97 Å². The standard InChI is InChI=1S/C16H19ClO4/c1-9(2)21-13-8-10(3)16(17)11(4)15(13)12(18)6-7-14(19)20-5/h6-9H,1-5H3/b7-6+. The Morgan fingerprint density at radius 3 is 2.38 bits per heavy atom. The van der Waals surface area contributed by atoms with Gasteiger partial charge in [0.2, 0.25) is 0 Å². The highest BCUT2D eigenvalue weighted by atomic mass is 35.5. The maximum absolute atomic E-state index is 12.3. The average Bonchev–Trinajstić information content (AvgIpc) is 2.41. The predicted molar refractivity (Wildman–Crippen MR) is 82.2 cm³/mol. The molecule has 1 aromatic carbocycles. The van der Waals surface area contributed by atoms with Crippen LogP contribution in [-0.4, -0.2) is 25.0 Å². The third kappa shape index (κ3) is 4.33. The van der Waals surface area contributed by atoms with Crippen LogP contribution in [0, 0.1) is 13.8 Å². The Kier molecular flexibility index (Phi) is 5.97. The lowest BCUT2D eigenvalue weighted by Crippen LogP contribution is -2.11. The third-order valence-electron chi connectivity index (χ3n) is 2.83. The first-order valence-electron chi connectivity index (χ1n) is 6.54. The Morgan fingerprint density at radius 2 is 1.86 bits per heavy atom. The quantitative estimate of drug-likeness (QED) is 0.473. The van der Waals surface area contributed by atoms with Crippen molar-refractivity contribution in [2.24, 2.45) is 0 Å². The zero-order valence-corrected chi connectivity index (χ0v) is 13.6. The molecule has 0 unspecified atom stereocenters. The largest absolute Gasteiger partial charge is 0.490 e. The van der Waals surface area contributed by atoms with E-state index in [2.05, 4.69) is 4.74 Å². The first-order chi connectivity index (χ1) is 9.77. The summed E-state index contributed by atoms with van der Waals surface area (Å²) in [4.78, 5) is 23.4. The summed E-state index contributed by atoms with van der Waals surface area (Å²) >= 11 is 6.20. The van der Waals surface area contributed by atoms with Gasteiger partial charge in [0.15, 0.2) is 5.78 Å². The summed E-state index contributed by atoms with van der Waals surface area (Å²) in [6.45, 7) is 7.35. The van der Waals surface area contributed by atoms with Crippen molar-refractivity contribution in [2.45, 2.75) is 33.8 Å². The number of methoxy groups -OCH3 is 1. The summed E-state index contributed by atoms with van der Waals surface area (Å²) in [5.41, 5.74) is 1.82. The van der Waals surface area contributed by atoms with Crippen molar-refractivity contribution in [1.82, 2.24) is 0 Å². The van der Waals surface area contributed by atoms with Crippen LogP contribution in [-0.2, 0) is 9.53 Å². The maximum atomic E-state index is 12.3. The van der Waals surface area contributed by atoms with Gasteiger partial charge in [0.25, 0.3) is 0 Å². The second-order valence-electron chi connectivity index (χ2n) is 4.89. The monoisotopic (exact) mass is 310 g/mol. The van der Waals surface area contributed by atoms with Crippen LogP contribution in [0.25, 0.3) is 0 Å². The van der Waals surface area contributed by atoms with Crippen LogP contribution >= 0.6 is 11.6 Å². The smallest absolute Gasteiger partial charge is 0.330 e. The van der Waals surface area contributed by atoms with Crippen LogP contribution in [0.5, 0.6) is 5.75 Å². The average molecular weight is 311 g/mol. The van der Waals surface area contributed by atoms with E-state index in [1.807, 2.05) is 20.8 Å². The van der Waals surface area contributed by atoms with E-state index in [9.17, 15) is 9.59 Å². The van der Waals surface area contributed by atoms with Crippen LogP contribution in [0.4, 0.5) is 0 Å². The molecule has 0 bridgehead atoms. The van der Waals surface area contributed by atoms with Gasteiger partial charge in [0.1, 0.15) is 5.75 Å². The molecule has 21 heavy (non-hydrogen) atoms. The zero-order chi connectivity index (χ0) is 16.2. The molecule has 114 valence electrons. The molecule has 0 aliphatic carbocycles. The molecular formula is C16H19ClO4. The maximum Gasteiger partial charge on any atom is 0.330 e. The molecule has 0 amide bonds. The van der Waals surface area contributed by atoms with E-state index in [0.717, 1.165) is 17.7 Å². The number of hydrogen-bond donors (Lipinski definition) is 0. The Bertz CT molecular complexity index is 588. The molecule has 0 fully saturated rings. The summed E-state index contributed by atoms with van der Waals surface area (Å²) in [6, 6.07) is 1.73. The van der Waals surface area contributed by atoms with E-state index in [-0.39, 0.29) is 11.9 Å². The number of carbonyl (C=O) groups is 2. The van der Waals surface area contributed by atoms with Crippen LogP contribution in [0.15, 0.2) is 18.2 Å². The van der Waals surface area contributed by atoms with Crippen LogP contribution in [0.2, 0.25) is 5.02 Å². The van der Waals surface area contributed by atoms with Gasteiger partial charge < -0.3 is 9.47 Å². The second-order valence-corrected chi connectivity index (χ2v) is 5.27. The van der Waals surface area contributed by atoms with E-state index in [1.165, 1.54) is 7.11 Å². The zero-order valence-electron chi connectivity index (χ0n) is 12.8. The number of allylic oxidation sites excluding steroid dienone is 1. The highest BCUT2D eigenvalue weighted by molar-refractivity contribution is 6.33. The molecule has 1 rings (SSSR count). The number of aryl methyl sites for hydroxylation is 1. The number of ketones is 1. The van der Waals surface area contributed by atoms with Gasteiger partial charge in [-0.25, -0.2) is 4.79 Å². The van der Waals surface area contributed by atoms with Gasteiger partial charge in [-0.1, -0.05) is 11.6 Å². The van der Waals surface area contributed by atoms with E-state index in [4.69, 9.17) is 16.3 Å². The predicted octanol–water partition coefficient (Wildman–Crippen LogP) is 3.66. The molecule has 0 radical (unpaired) electrons. The van der Waals surface area contributed by atoms with Crippen LogP contribution in [0.3, 0.4) is 0 Å². The molecule has 0 aliphatic rings. The number of esters is 1. The van der Waals surface area contributed by atoms with Crippen molar-refractivity contribution < 1.29 is 19.1 Å². The van der Waals surface area contributed by atoms with Gasteiger partial charge in [-0.05, 0) is 51.0 Å². The summed E-state index contributed by atoms with van der Waals surface area (Å²) in [7, 11) is 1.25. The number of ether oxygens (including phenoxy) is 2. The normalized spacial score (nSPS) is 11.0. The fourth-order valence-electron chi connectivity index (χ4n) is 1.87. The fraction of sp³-hybridized carbons (Fsp3) is 0.375. The van der Waals surface area contributed by atoms with E-state index in [0.29, 0.717) is 21.9 Å². The SMILES string of the molecule is COC(=O)/C=C/C(=O)c1c(OC(C)C)cc(C)c(Cl)c1C. The minimum Gasteiger partial charge on any atom is -0.490 e. The van der Waals surface area contributed by atoms with Crippen LogP contribution < -0.4 is 4.74 Å². The second kappa shape index (κ2) is 7.27. The molecule has 4 nitrogen and oxygen atoms in total. The van der Waals surface area contributed by atoms with E-state index < -0.39 is 5.97 Å². The molecule has 0 N–H and O–H groups in total. The molecule has 0 spiro atoms. The van der Waals surface area contributed by atoms with Crippen molar-refractivity contribution in [3.8, 4) is 5.75 Å². The van der Waals surface area contributed by atoms with Gasteiger partial charge in [0, 0.05) is 11.1 Å². The fourth-order valence-corrected chi connectivity index (χ4v) is 2.02. The van der Waals surface area contributed by atoms with Crippen molar-refractivity contribution in [3.05, 3.63) is 39.9 Å². The summed E-state index contributed by atoms with van der Waals surface area (Å²) < 4.78 is 10.2. The molecule has 0 heterocycles. The number of halogens is 1. The van der Waals surface area contributed by atoms with Crippen molar-refractivity contribution >= 4 is 23.4 Å². The Balaban J connectivity index is 3.31. The third-order valence-corrected chi connectivity index (χ3v) is 3.41. The first-order valence-corrected chi connectivity index (χ1v) is 6.92. The number of hydrogen-bond acceptors (Lipinski definition) is 4. The topological polar surface area (TPSA) is 52.6 Å². The molecule has 0 aromatic heterocycles. The summed E-state index contributed by atoms with van der Waals surface area (Å²) in [6.07, 6.45) is 2.16. The van der Waals surface area contributed by atoms with Gasteiger partial charge in [-0.3, -0.25) is 4.79 Å². The molecule has 0 saturated carbocycles. The van der Waals surface area contributed by atoms with E-state index in [1.54, 1.807) is 13.0 Å². The minimum atomic E-state index is -0.592. The van der Waals surface area contributed by atoms with Crippen molar-refractivity contribution in [1.29, 1.82) is 0 Å². The van der Waals surface area contributed by atoms with Crippen LogP contribution in [0.1, 0.15) is 35.3 Å². The number of rotatable bonds is 5. The molecule has 0 aliphatic heterocycles. The highest BCUT2D eigenvalue weighted by Crippen LogP contribution is 2.32. The lowest BCUT2D eigenvalue weighted by atomic mass is 10.00. The van der Waals surface area contributed by atoms with Gasteiger partial charge in [-0.15, -0.1) is 0 Å². The Hall–Kier alpha value is -1.81. The van der Waals surface area contributed by atoms with Crippen molar-refractivity contribution in [3.63, 3.8) is 0 Å². The number of carbonyl (C=O) groups excluding carboxylic acids is 2. The molecule has 0 atom stereocenters. The van der Waals surface area contributed by atoms with Gasteiger partial charge in [0.05, 0.1) is 18.8 Å². The Morgan fingerprint density at radius 1 is 1.24 bits per heavy atom. The number of benzene rings is 1. The molecular weight excluding hydrogens is 292 g/mol. The molecule has 5 heteroatoms. The van der Waals surface area contributed by atoms with Gasteiger partial charge in [-0.2, -0.15) is 0 Å². The summed E-state index contributed by atoms with van der Waals surface area (Å²) in [5.74, 6) is -0.482.